The molecule has 132 valence electrons. The van der Waals surface area contributed by atoms with Crippen LogP contribution in [0.25, 0.3) is 0 Å². The zero-order valence-electron chi connectivity index (χ0n) is 15.0. The van der Waals surface area contributed by atoms with Crippen molar-refractivity contribution >= 4 is 15.0 Å². The van der Waals surface area contributed by atoms with Gasteiger partial charge in [0.2, 0.25) is 0 Å². The van der Waals surface area contributed by atoms with E-state index in [2.05, 4.69) is 37.3 Å². The SMILES string of the molecule is CCCCCCCCC(O)CCCCC[Se]Cc1ccccc1. The van der Waals surface area contributed by atoms with Crippen molar-refractivity contribution in [2.45, 2.75) is 94.3 Å². The first-order valence-corrected chi connectivity index (χ1v) is 12.0. The van der Waals surface area contributed by atoms with E-state index in [9.17, 15) is 5.11 Å². The summed E-state index contributed by atoms with van der Waals surface area (Å²) in [6, 6.07) is 10.8. The first kappa shape index (κ1) is 20.7. The summed E-state index contributed by atoms with van der Waals surface area (Å²) in [5, 5.41) is 12.7. The van der Waals surface area contributed by atoms with Crippen LogP contribution < -0.4 is 0 Å². The van der Waals surface area contributed by atoms with Crippen molar-refractivity contribution in [1.29, 1.82) is 0 Å². The molecule has 1 N–H and O–H groups in total. The minimum atomic E-state index is -0.0454. The molecular formula is C21H36OSe. The third kappa shape index (κ3) is 12.8. The Bertz CT molecular complexity index is 352. The maximum absolute atomic E-state index is 10.0. The van der Waals surface area contributed by atoms with Crippen molar-refractivity contribution in [3.05, 3.63) is 35.9 Å². The molecule has 0 bridgehead atoms. The topological polar surface area (TPSA) is 20.2 Å². The van der Waals surface area contributed by atoms with Crippen LogP contribution in [-0.4, -0.2) is 26.2 Å². The van der Waals surface area contributed by atoms with Crippen molar-refractivity contribution in [3.8, 4) is 0 Å². The molecule has 23 heavy (non-hydrogen) atoms. The van der Waals surface area contributed by atoms with Gasteiger partial charge in [-0.15, -0.1) is 0 Å². The average Bonchev–Trinajstić information content (AvgIpc) is 2.58. The van der Waals surface area contributed by atoms with Crippen LogP contribution in [-0.2, 0) is 5.32 Å². The van der Waals surface area contributed by atoms with Gasteiger partial charge in [-0.25, -0.2) is 0 Å². The summed E-state index contributed by atoms with van der Waals surface area (Å²) in [5.74, 6) is 0. The van der Waals surface area contributed by atoms with Gasteiger partial charge in [-0.2, -0.15) is 0 Å². The zero-order valence-corrected chi connectivity index (χ0v) is 16.7. The van der Waals surface area contributed by atoms with Gasteiger partial charge in [-0.3, -0.25) is 0 Å². The average molecular weight is 383 g/mol. The van der Waals surface area contributed by atoms with Crippen LogP contribution in [0.1, 0.15) is 83.1 Å². The van der Waals surface area contributed by atoms with Crippen LogP contribution in [0.3, 0.4) is 0 Å². The molecule has 1 nitrogen and oxygen atoms in total. The Labute approximate surface area is 150 Å². The van der Waals surface area contributed by atoms with Crippen LogP contribution >= 0.6 is 0 Å². The van der Waals surface area contributed by atoms with E-state index in [1.165, 1.54) is 74.0 Å². The van der Waals surface area contributed by atoms with Gasteiger partial charge in [0.05, 0.1) is 0 Å². The Morgan fingerprint density at radius 3 is 2.13 bits per heavy atom. The molecule has 0 aromatic heterocycles. The van der Waals surface area contributed by atoms with E-state index in [-0.39, 0.29) is 6.10 Å². The Morgan fingerprint density at radius 1 is 0.826 bits per heavy atom. The van der Waals surface area contributed by atoms with Crippen molar-refractivity contribution in [2.75, 3.05) is 0 Å². The second-order valence-electron chi connectivity index (χ2n) is 6.60. The fourth-order valence-corrected chi connectivity index (χ4v) is 4.89. The summed E-state index contributed by atoms with van der Waals surface area (Å²) in [6.07, 6.45) is 13.8. The van der Waals surface area contributed by atoms with Crippen molar-refractivity contribution < 1.29 is 5.11 Å². The molecule has 1 aromatic rings. The molecule has 0 saturated heterocycles. The van der Waals surface area contributed by atoms with E-state index < -0.39 is 0 Å². The number of aliphatic hydroxyl groups is 1. The second-order valence-corrected chi connectivity index (χ2v) is 8.92. The molecule has 0 fully saturated rings. The Morgan fingerprint density at radius 2 is 1.43 bits per heavy atom. The minimum absolute atomic E-state index is 0.0454. The van der Waals surface area contributed by atoms with Crippen LogP contribution in [0, 0.1) is 0 Å². The van der Waals surface area contributed by atoms with Gasteiger partial charge in [0.25, 0.3) is 0 Å². The van der Waals surface area contributed by atoms with Gasteiger partial charge in [0.15, 0.2) is 0 Å². The van der Waals surface area contributed by atoms with Gasteiger partial charge in [0.1, 0.15) is 0 Å². The first-order chi connectivity index (χ1) is 11.3. The fourth-order valence-electron chi connectivity index (χ4n) is 2.83. The van der Waals surface area contributed by atoms with Crippen molar-refractivity contribution in [2.24, 2.45) is 0 Å². The van der Waals surface area contributed by atoms with E-state index in [1.807, 2.05) is 0 Å². The molecule has 1 unspecified atom stereocenters. The molecule has 0 saturated carbocycles. The van der Waals surface area contributed by atoms with Crippen LogP contribution in [0.5, 0.6) is 0 Å². The van der Waals surface area contributed by atoms with Gasteiger partial charge < -0.3 is 0 Å². The Hall–Kier alpha value is -0.301. The quantitative estimate of drug-likeness (QED) is 0.292. The number of rotatable bonds is 15. The van der Waals surface area contributed by atoms with E-state index in [0.29, 0.717) is 0 Å². The zero-order chi connectivity index (χ0) is 16.6. The van der Waals surface area contributed by atoms with Gasteiger partial charge >= 0.3 is 137 Å². The van der Waals surface area contributed by atoms with E-state index >= 15 is 0 Å². The van der Waals surface area contributed by atoms with E-state index in [4.69, 9.17) is 0 Å². The predicted octanol–water partition coefficient (Wildman–Crippen LogP) is 5.98. The molecule has 2 heteroatoms. The van der Waals surface area contributed by atoms with Crippen molar-refractivity contribution in [1.82, 2.24) is 0 Å². The molecule has 0 aliphatic heterocycles. The van der Waals surface area contributed by atoms with Crippen molar-refractivity contribution in [3.63, 3.8) is 0 Å². The molecule has 0 aliphatic carbocycles. The normalized spacial score (nSPS) is 12.4. The summed E-state index contributed by atoms with van der Waals surface area (Å²) in [6.45, 7) is 2.26. The molecule has 1 rings (SSSR count). The second kappa shape index (κ2) is 15.2. The first-order valence-electron chi connectivity index (χ1n) is 9.62. The van der Waals surface area contributed by atoms with E-state index in [0.717, 1.165) is 27.8 Å². The molecule has 1 atom stereocenters. The van der Waals surface area contributed by atoms with Gasteiger partial charge in [0, 0.05) is 0 Å². The number of hydrogen-bond donors (Lipinski definition) is 1. The number of benzene rings is 1. The van der Waals surface area contributed by atoms with Gasteiger partial charge in [-0.05, 0) is 0 Å². The Kier molecular flexibility index (Phi) is 13.7. The van der Waals surface area contributed by atoms with Gasteiger partial charge in [-0.1, -0.05) is 13.3 Å². The summed E-state index contributed by atoms with van der Waals surface area (Å²) >= 11 is 0.748. The molecule has 1 aromatic carbocycles. The Balaban J connectivity index is 1.83. The van der Waals surface area contributed by atoms with E-state index in [1.54, 1.807) is 0 Å². The van der Waals surface area contributed by atoms with Crippen LogP contribution in [0.15, 0.2) is 30.3 Å². The van der Waals surface area contributed by atoms with Crippen LogP contribution in [0.2, 0.25) is 5.32 Å². The summed E-state index contributed by atoms with van der Waals surface area (Å²) in [4.78, 5) is 0. The molecule has 0 spiro atoms. The third-order valence-corrected chi connectivity index (χ3v) is 6.67. The molecule has 0 heterocycles. The number of aliphatic hydroxyl groups excluding tert-OH is 1. The number of hydrogen-bond acceptors (Lipinski definition) is 1. The summed E-state index contributed by atoms with van der Waals surface area (Å²) in [7, 11) is 0. The standard InChI is InChI=1S/C21H36OSe/c1-2-3-4-5-6-11-16-21(22)17-12-8-13-18-23-19-20-14-9-7-10-15-20/h7,9-10,14-15,21-22H,2-6,8,11-13,16-19H2,1H3. The van der Waals surface area contributed by atoms with Crippen LogP contribution in [0.4, 0.5) is 0 Å². The molecular weight excluding hydrogens is 347 g/mol. The number of unbranched alkanes of at least 4 members (excludes halogenated alkanes) is 7. The predicted molar refractivity (Wildman–Crippen MR) is 103 cm³/mol. The fraction of sp³-hybridized carbons (Fsp3) is 0.714. The molecule has 0 amide bonds. The molecule has 0 aliphatic rings. The summed E-state index contributed by atoms with van der Waals surface area (Å²) < 4.78 is 0. The monoisotopic (exact) mass is 384 g/mol. The summed E-state index contributed by atoms with van der Waals surface area (Å²) in [5.41, 5.74) is 1.49. The molecule has 0 radical (unpaired) electrons. The third-order valence-electron chi connectivity index (χ3n) is 4.33. The maximum atomic E-state index is 10.0.